The molecule has 1 aliphatic heterocycles. The van der Waals surface area contributed by atoms with Crippen LogP contribution in [0.1, 0.15) is 18.9 Å². The van der Waals surface area contributed by atoms with Crippen molar-refractivity contribution >= 4 is 5.69 Å². The van der Waals surface area contributed by atoms with Gasteiger partial charge in [0.2, 0.25) is 0 Å². The summed E-state index contributed by atoms with van der Waals surface area (Å²) in [5, 5.41) is 3.33. The molecule has 1 saturated heterocycles. The van der Waals surface area contributed by atoms with Gasteiger partial charge in [-0.15, -0.1) is 0 Å². The van der Waals surface area contributed by atoms with Crippen LogP contribution in [0.5, 0.6) is 0 Å². The Bertz CT molecular complexity index is 353. The van der Waals surface area contributed by atoms with Gasteiger partial charge in [0.1, 0.15) is 5.82 Å². The van der Waals surface area contributed by atoms with Crippen LogP contribution in [-0.4, -0.2) is 18.8 Å². The molecule has 1 fully saturated rings. The molecule has 1 aromatic rings. The number of rotatable bonds is 2. The van der Waals surface area contributed by atoms with E-state index in [1.807, 2.05) is 13.8 Å². The van der Waals surface area contributed by atoms with Crippen molar-refractivity contribution in [3.05, 3.63) is 29.6 Å². The number of anilines is 1. The predicted molar refractivity (Wildman–Crippen MR) is 58.6 cm³/mol. The normalized spacial score (nSPS) is 25.5. The molecule has 0 saturated carbocycles. The molecule has 0 spiro atoms. The highest BCUT2D eigenvalue weighted by molar-refractivity contribution is 5.51. The van der Waals surface area contributed by atoms with Crippen LogP contribution in [0, 0.1) is 12.7 Å². The summed E-state index contributed by atoms with van der Waals surface area (Å²) in [5.74, 6) is -0.199. The van der Waals surface area contributed by atoms with Crippen molar-refractivity contribution in [1.29, 1.82) is 0 Å². The molecule has 0 radical (unpaired) electrons. The minimum absolute atomic E-state index is 0.199. The number of hydrogen-bond acceptors (Lipinski definition) is 2. The van der Waals surface area contributed by atoms with Gasteiger partial charge in [0, 0.05) is 12.3 Å². The van der Waals surface area contributed by atoms with Crippen LogP contribution < -0.4 is 5.32 Å². The summed E-state index contributed by atoms with van der Waals surface area (Å²) in [6.07, 6.45) is 1.18. The van der Waals surface area contributed by atoms with Gasteiger partial charge in [0.15, 0.2) is 0 Å². The van der Waals surface area contributed by atoms with Gasteiger partial charge in [-0.1, -0.05) is 6.07 Å². The quantitative estimate of drug-likeness (QED) is 0.808. The molecule has 0 unspecified atom stereocenters. The van der Waals surface area contributed by atoms with Crippen LogP contribution in [0.25, 0.3) is 0 Å². The third-order valence-corrected chi connectivity index (χ3v) is 2.92. The molecule has 1 N–H and O–H groups in total. The van der Waals surface area contributed by atoms with E-state index in [1.165, 1.54) is 6.07 Å². The zero-order chi connectivity index (χ0) is 10.8. The van der Waals surface area contributed by atoms with E-state index >= 15 is 0 Å². The fraction of sp³-hybridized carbons (Fsp3) is 0.500. The molecule has 2 rings (SSSR count). The van der Waals surface area contributed by atoms with Crippen molar-refractivity contribution in [1.82, 2.24) is 0 Å². The number of nitrogens with one attached hydrogen (secondary N) is 1. The van der Waals surface area contributed by atoms with Crippen molar-refractivity contribution in [2.75, 3.05) is 11.9 Å². The molecule has 3 heteroatoms. The van der Waals surface area contributed by atoms with Gasteiger partial charge in [-0.3, -0.25) is 0 Å². The molecule has 0 bridgehead atoms. The van der Waals surface area contributed by atoms with Crippen molar-refractivity contribution in [3.8, 4) is 0 Å². The number of ether oxygens (including phenoxy) is 1. The van der Waals surface area contributed by atoms with E-state index in [9.17, 15) is 4.39 Å². The first-order chi connectivity index (χ1) is 7.16. The van der Waals surface area contributed by atoms with E-state index < -0.39 is 0 Å². The number of hydrogen-bond donors (Lipinski definition) is 1. The molecule has 82 valence electrons. The average Bonchev–Trinajstić information content (AvgIpc) is 2.58. The minimum Gasteiger partial charge on any atom is -0.379 e. The Balaban J connectivity index is 2.12. The number of halogens is 1. The lowest BCUT2D eigenvalue weighted by Gasteiger charge is -2.18. The second-order valence-electron chi connectivity index (χ2n) is 4.07. The van der Waals surface area contributed by atoms with E-state index in [0.717, 1.165) is 24.3 Å². The molecule has 0 aliphatic carbocycles. The van der Waals surface area contributed by atoms with Crippen LogP contribution >= 0.6 is 0 Å². The molecule has 15 heavy (non-hydrogen) atoms. The van der Waals surface area contributed by atoms with Crippen molar-refractivity contribution in [2.24, 2.45) is 0 Å². The fourth-order valence-corrected chi connectivity index (χ4v) is 1.87. The van der Waals surface area contributed by atoms with Gasteiger partial charge >= 0.3 is 0 Å². The Morgan fingerprint density at radius 2 is 2.27 bits per heavy atom. The first-order valence-electron chi connectivity index (χ1n) is 5.31. The lowest BCUT2D eigenvalue weighted by atomic mass is 10.1. The van der Waals surface area contributed by atoms with Crippen LogP contribution in [0.15, 0.2) is 18.2 Å². The monoisotopic (exact) mass is 209 g/mol. The first-order valence-corrected chi connectivity index (χ1v) is 5.31. The molecular weight excluding hydrogens is 193 g/mol. The highest BCUT2D eigenvalue weighted by Crippen LogP contribution is 2.22. The summed E-state index contributed by atoms with van der Waals surface area (Å²) >= 11 is 0. The Hall–Kier alpha value is -1.09. The van der Waals surface area contributed by atoms with Crippen molar-refractivity contribution in [2.45, 2.75) is 32.4 Å². The molecule has 0 amide bonds. The van der Waals surface area contributed by atoms with Gasteiger partial charge in [-0.05, 0) is 38.0 Å². The van der Waals surface area contributed by atoms with E-state index in [4.69, 9.17) is 4.74 Å². The predicted octanol–water partition coefficient (Wildman–Crippen LogP) is 2.72. The molecule has 2 atom stereocenters. The summed E-state index contributed by atoms with van der Waals surface area (Å²) in [7, 11) is 0. The maximum absolute atomic E-state index is 13.0. The smallest absolute Gasteiger partial charge is 0.125 e. The van der Waals surface area contributed by atoms with E-state index in [2.05, 4.69) is 5.32 Å². The molecular formula is C12H16FNO. The summed E-state index contributed by atoms with van der Waals surface area (Å²) in [4.78, 5) is 0. The number of benzene rings is 1. The van der Waals surface area contributed by atoms with Gasteiger partial charge in [-0.2, -0.15) is 0 Å². The largest absolute Gasteiger partial charge is 0.379 e. The lowest BCUT2D eigenvalue weighted by molar-refractivity contribution is 0.121. The van der Waals surface area contributed by atoms with E-state index in [-0.39, 0.29) is 11.9 Å². The van der Waals surface area contributed by atoms with Gasteiger partial charge in [0.25, 0.3) is 0 Å². The summed E-state index contributed by atoms with van der Waals surface area (Å²) in [6, 6.07) is 5.11. The molecule has 2 nitrogen and oxygen atoms in total. The third kappa shape index (κ3) is 2.29. The van der Waals surface area contributed by atoms with Gasteiger partial charge in [-0.25, -0.2) is 4.39 Å². The van der Waals surface area contributed by atoms with E-state index in [0.29, 0.717) is 6.04 Å². The average molecular weight is 209 g/mol. The zero-order valence-electron chi connectivity index (χ0n) is 9.09. The molecule has 0 aromatic heterocycles. The van der Waals surface area contributed by atoms with Gasteiger partial charge in [0.05, 0.1) is 12.1 Å². The zero-order valence-corrected chi connectivity index (χ0v) is 9.09. The van der Waals surface area contributed by atoms with Gasteiger partial charge < -0.3 is 10.1 Å². The molecule has 1 aliphatic rings. The summed E-state index contributed by atoms with van der Waals surface area (Å²) < 4.78 is 18.5. The Labute approximate surface area is 89.4 Å². The van der Waals surface area contributed by atoms with Crippen LogP contribution in [-0.2, 0) is 4.74 Å². The summed E-state index contributed by atoms with van der Waals surface area (Å²) in [6.45, 7) is 4.80. The molecule has 1 aromatic carbocycles. The lowest BCUT2D eigenvalue weighted by Crippen LogP contribution is -2.27. The van der Waals surface area contributed by atoms with Crippen LogP contribution in [0.3, 0.4) is 0 Å². The summed E-state index contributed by atoms with van der Waals surface area (Å²) in [5.41, 5.74) is 1.94. The number of aryl methyl sites for hydroxylation is 1. The second kappa shape index (κ2) is 4.19. The van der Waals surface area contributed by atoms with Crippen LogP contribution in [0.2, 0.25) is 0 Å². The Morgan fingerprint density at radius 1 is 1.47 bits per heavy atom. The maximum atomic E-state index is 13.0. The van der Waals surface area contributed by atoms with Crippen molar-refractivity contribution < 1.29 is 9.13 Å². The standard InChI is InChI=1S/C12H16FNO/c1-8-3-4-10(13)7-12(8)14-11-5-6-15-9(11)2/h3-4,7,9,11,14H,5-6H2,1-2H3/t9-,11+/m1/s1. The third-order valence-electron chi connectivity index (χ3n) is 2.92. The SMILES string of the molecule is Cc1ccc(F)cc1N[C@H]1CCO[C@@H]1C. The fourth-order valence-electron chi connectivity index (χ4n) is 1.87. The second-order valence-corrected chi connectivity index (χ2v) is 4.07. The highest BCUT2D eigenvalue weighted by atomic mass is 19.1. The van der Waals surface area contributed by atoms with Crippen molar-refractivity contribution in [3.63, 3.8) is 0 Å². The topological polar surface area (TPSA) is 21.3 Å². The Kier molecular flexibility index (Phi) is 2.91. The first kappa shape index (κ1) is 10.4. The Morgan fingerprint density at radius 3 is 2.93 bits per heavy atom. The molecule has 1 heterocycles. The van der Waals surface area contributed by atoms with E-state index in [1.54, 1.807) is 12.1 Å². The minimum atomic E-state index is -0.199. The van der Waals surface area contributed by atoms with Crippen LogP contribution in [0.4, 0.5) is 10.1 Å². The maximum Gasteiger partial charge on any atom is 0.125 e. The highest BCUT2D eigenvalue weighted by Gasteiger charge is 2.24.